The summed E-state index contributed by atoms with van der Waals surface area (Å²) in [5.74, 6) is 5.21. The van der Waals surface area contributed by atoms with Crippen molar-refractivity contribution in [3.05, 3.63) is 0 Å². The third kappa shape index (κ3) is 6.40. The van der Waals surface area contributed by atoms with Crippen molar-refractivity contribution in [1.29, 1.82) is 0 Å². The first kappa shape index (κ1) is 30.4. The zero-order valence-corrected chi connectivity index (χ0v) is 26.2. The number of carbonyl (C=O) groups is 2. The van der Waals surface area contributed by atoms with E-state index in [0.29, 0.717) is 104 Å². The fraction of sp³-hybridized carbons (Fsp3) is 0.941. The third-order valence-corrected chi connectivity index (χ3v) is 12.5. The Morgan fingerprint density at radius 3 is 0.977 bits per heavy atom. The number of hydrogen-bond donors (Lipinski definition) is 0. The highest BCUT2D eigenvalue weighted by Crippen LogP contribution is 2.65. The van der Waals surface area contributed by atoms with Gasteiger partial charge in [0, 0.05) is 26.2 Å². The highest BCUT2D eigenvalue weighted by atomic mass is 16.5. The zero-order chi connectivity index (χ0) is 29.3. The molecule has 8 saturated carbocycles. The Hall–Kier alpha value is -1.26. The minimum absolute atomic E-state index is 0.144. The first-order chi connectivity index (χ1) is 21.0. The molecule has 0 aromatic carbocycles. The molecule has 9 fully saturated rings. The van der Waals surface area contributed by atoms with Gasteiger partial charge in [-0.3, -0.25) is 9.59 Å². The van der Waals surface area contributed by atoms with Crippen molar-refractivity contribution in [1.82, 2.24) is 9.80 Å². The largest absolute Gasteiger partial charge is 0.377 e. The SMILES string of the molecule is O=C(N1CCOCCOCCOCCN(C(=O)C23CC4CC(C2)C(C4)C3)CCOCCOCC1)C12CC3CC(C1)C(C3)C2. The summed E-state index contributed by atoms with van der Waals surface area (Å²) in [6, 6.07) is 0. The van der Waals surface area contributed by atoms with E-state index in [2.05, 4.69) is 0 Å². The second-order valence-electron chi connectivity index (χ2n) is 15.1. The van der Waals surface area contributed by atoms with E-state index in [9.17, 15) is 9.59 Å². The lowest BCUT2D eigenvalue weighted by atomic mass is 9.68. The van der Waals surface area contributed by atoms with Crippen molar-refractivity contribution in [3.63, 3.8) is 0 Å². The number of rotatable bonds is 2. The summed E-state index contributed by atoms with van der Waals surface area (Å²) in [6.07, 6.45) is 11.8. The van der Waals surface area contributed by atoms with Gasteiger partial charge in [0.15, 0.2) is 0 Å². The second kappa shape index (κ2) is 13.2. The van der Waals surface area contributed by atoms with Crippen molar-refractivity contribution in [2.45, 2.75) is 64.2 Å². The molecule has 1 heterocycles. The van der Waals surface area contributed by atoms with Gasteiger partial charge in [-0.1, -0.05) is 0 Å². The van der Waals surface area contributed by atoms with Crippen LogP contribution in [0.5, 0.6) is 0 Å². The molecule has 9 rings (SSSR count). The lowest BCUT2D eigenvalue weighted by Crippen LogP contribution is -2.48. The predicted octanol–water partition coefficient (Wildman–Crippen LogP) is 3.39. The molecule has 0 N–H and O–H groups in total. The summed E-state index contributed by atoms with van der Waals surface area (Å²) in [7, 11) is 0. The van der Waals surface area contributed by atoms with Gasteiger partial charge in [0.05, 0.1) is 76.9 Å². The maximum atomic E-state index is 13.9. The van der Waals surface area contributed by atoms with Crippen LogP contribution in [0.3, 0.4) is 0 Å². The van der Waals surface area contributed by atoms with Gasteiger partial charge in [-0.25, -0.2) is 0 Å². The number of nitrogens with zero attached hydrogens (tertiary/aromatic N) is 2. The Morgan fingerprint density at radius 2 is 0.698 bits per heavy atom. The van der Waals surface area contributed by atoms with Crippen molar-refractivity contribution < 1.29 is 33.3 Å². The number of carbonyl (C=O) groups excluding carboxylic acids is 2. The van der Waals surface area contributed by atoms with Crippen LogP contribution >= 0.6 is 0 Å². The van der Waals surface area contributed by atoms with Crippen molar-refractivity contribution in [2.75, 3.05) is 92.2 Å². The Balaban J connectivity index is 0.911. The van der Waals surface area contributed by atoms with E-state index in [1.54, 1.807) is 0 Å². The van der Waals surface area contributed by atoms with Crippen LogP contribution in [0.15, 0.2) is 0 Å². The average molecular weight is 603 g/mol. The Morgan fingerprint density at radius 1 is 0.419 bits per heavy atom. The van der Waals surface area contributed by atoms with Gasteiger partial charge in [-0.15, -0.1) is 0 Å². The molecule has 1 aliphatic heterocycles. The zero-order valence-electron chi connectivity index (χ0n) is 26.2. The normalized spacial score (nSPS) is 42.8. The van der Waals surface area contributed by atoms with Crippen molar-refractivity contribution in [3.8, 4) is 0 Å². The summed E-state index contributed by atoms with van der Waals surface area (Å²) in [5, 5.41) is 0. The number of hydrogen-bond acceptors (Lipinski definition) is 7. The predicted molar refractivity (Wildman–Crippen MR) is 159 cm³/mol. The molecule has 1 saturated heterocycles. The molecule has 242 valence electrons. The maximum absolute atomic E-state index is 13.9. The van der Waals surface area contributed by atoms with Gasteiger partial charge < -0.3 is 33.5 Å². The smallest absolute Gasteiger partial charge is 0.228 e. The van der Waals surface area contributed by atoms with Crippen LogP contribution in [0.4, 0.5) is 0 Å². The van der Waals surface area contributed by atoms with Gasteiger partial charge in [0.2, 0.25) is 11.8 Å². The minimum Gasteiger partial charge on any atom is -0.377 e. The van der Waals surface area contributed by atoms with Crippen LogP contribution < -0.4 is 0 Å². The first-order valence-corrected chi connectivity index (χ1v) is 17.5. The van der Waals surface area contributed by atoms with Crippen LogP contribution in [0, 0.1) is 46.3 Å². The van der Waals surface area contributed by atoms with E-state index in [0.717, 1.165) is 74.0 Å². The summed E-state index contributed by atoms with van der Waals surface area (Å²) in [6.45, 7) is 7.36. The Bertz CT molecular complexity index is 877. The van der Waals surface area contributed by atoms with Crippen LogP contribution in [0.25, 0.3) is 0 Å². The quantitative estimate of drug-likeness (QED) is 0.479. The molecule has 9 heteroatoms. The van der Waals surface area contributed by atoms with Crippen LogP contribution in [0.2, 0.25) is 0 Å². The lowest BCUT2D eigenvalue weighted by Gasteiger charge is -2.40. The van der Waals surface area contributed by atoms with Crippen LogP contribution in [-0.2, 0) is 33.3 Å². The van der Waals surface area contributed by atoms with E-state index < -0.39 is 0 Å². The molecule has 0 aromatic heterocycles. The standard InChI is InChI=1S/C34H54N2O7/c37-31(33-19-25-15-27(21-33)28(16-25)22-33)35-1-5-39-9-10-40-6-2-36(4-8-42-12-14-43-13-11-41-7-3-35)32(38)34-20-26-17-29(23-34)30(18-26)24-34/h25-30H,1-24H2. The number of amides is 2. The lowest BCUT2D eigenvalue weighted by molar-refractivity contribution is -0.147. The molecule has 0 spiro atoms. The summed E-state index contributed by atoms with van der Waals surface area (Å²) >= 11 is 0. The van der Waals surface area contributed by atoms with Gasteiger partial charge in [0.25, 0.3) is 0 Å². The molecule has 0 radical (unpaired) electrons. The van der Waals surface area contributed by atoms with Crippen molar-refractivity contribution in [2.24, 2.45) is 46.3 Å². The summed E-state index contributed by atoms with van der Waals surface area (Å²) in [4.78, 5) is 31.8. The molecule has 8 bridgehead atoms. The fourth-order valence-electron chi connectivity index (χ4n) is 11.0. The first-order valence-electron chi connectivity index (χ1n) is 17.5. The average Bonchev–Trinajstić information content (AvgIpc) is 3.63. The Kier molecular flexibility index (Phi) is 9.35. The van der Waals surface area contributed by atoms with Gasteiger partial charge in [-0.05, 0) is 99.7 Å². The fourth-order valence-corrected chi connectivity index (χ4v) is 11.0. The third-order valence-electron chi connectivity index (χ3n) is 12.5. The summed E-state index contributed by atoms with van der Waals surface area (Å²) in [5.41, 5.74) is -0.287. The molecule has 9 aliphatic rings. The topological polar surface area (TPSA) is 86.8 Å². The highest BCUT2D eigenvalue weighted by molar-refractivity contribution is 5.84. The van der Waals surface area contributed by atoms with E-state index in [1.165, 1.54) is 25.7 Å². The molecule has 4 unspecified atom stereocenters. The second-order valence-corrected chi connectivity index (χ2v) is 15.1. The molecular formula is C34H54N2O7. The molecule has 8 aliphatic carbocycles. The Labute approximate surface area is 257 Å². The molecule has 4 atom stereocenters. The molecule has 0 aromatic rings. The van der Waals surface area contributed by atoms with Gasteiger partial charge in [0.1, 0.15) is 0 Å². The van der Waals surface area contributed by atoms with Gasteiger partial charge in [-0.2, -0.15) is 0 Å². The van der Waals surface area contributed by atoms with E-state index >= 15 is 0 Å². The van der Waals surface area contributed by atoms with Crippen LogP contribution in [0.1, 0.15) is 64.2 Å². The maximum Gasteiger partial charge on any atom is 0.228 e. The summed E-state index contributed by atoms with van der Waals surface area (Å²) < 4.78 is 29.4. The highest BCUT2D eigenvalue weighted by Gasteiger charge is 2.61. The minimum atomic E-state index is -0.144. The van der Waals surface area contributed by atoms with E-state index in [-0.39, 0.29) is 10.8 Å². The molecule has 9 nitrogen and oxygen atoms in total. The molecule has 43 heavy (non-hydrogen) atoms. The van der Waals surface area contributed by atoms with E-state index in [4.69, 9.17) is 23.7 Å². The monoisotopic (exact) mass is 602 g/mol. The molecular weight excluding hydrogens is 548 g/mol. The van der Waals surface area contributed by atoms with Crippen molar-refractivity contribution >= 4 is 11.8 Å². The van der Waals surface area contributed by atoms with E-state index in [1.807, 2.05) is 9.80 Å². The number of ether oxygens (including phenoxy) is 5. The van der Waals surface area contributed by atoms with Crippen LogP contribution in [-0.4, -0.2) is 114 Å². The van der Waals surface area contributed by atoms with Gasteiger partial charge >= 0.3 is 0 Å². The molecule has 2 amide bonds.